The van der Waals surface area contributed by atoms with E-state index in [-0.39, 0.29) is 5.78 Å². The minimum absolute atomic E-state index is 0.246. The number of hydrogen-bond donors (Lipinski definition) is 0. The van der Waals surface area contributed by atoms with Gasteiger partial charge in [-0.15, -0.1) is 0 Å². The third-order valence-electron chi connectivity index (χ3n) is 4.07. The van der Waals surface area contributed by atoms with Gasteiger partial charge in [-0.3, -0.25) is 14.7 Å². The predicted molar refractivity (Wildman–Crippen MR) is 74.0 cm³/mol. The van der Waals surface area contributed by atoms with E-state index in [2.05, 4.69) is 16.8 Å². The third kappa shape index (κ3) is 3.19. The van der Waals surface area contributed by atoms with Crippen LogP contribution < -0.4 is 0 Å². The smallest absolute Gasteiger partial charge is 0.158 e. The molecule has 1 atom stereocenters. The van der Waals surface area contributed by atoms with Crippen LogP contribution in [0.1, 0.15) is 26.0 Å². The average molecular weight is 262 g/mol. The van der Waals surface area contributed by atoms with Crippen molar-refractivity contribution >= 4 is 5.78 Å². The Kier molecular flexibility index (Phi) is 4.66. The highest BCUT2D eigenvalue weighted by molar-refractivity contribution is 5.89. The van der Waals surface area contributed by atoms with Crippen molar-refractivity contribution in [3.8, 4) is 0 Å². The summed E-state index contributed by atoms with van der Waals surface area (Å²) < 4.78 is 5.37. The second-order valence-corrected chi connectivity index (χ2v) is 5.15. The molecule has 19 heavy (non-hydrogen) atoms. The van der Waals surface area contributed by atoms with Crippen LogP contribution in [0.15, 0.2) is 24.4 Å². The lowest BCUT2D eigenvalue weighted by Crippen LogP contribution is -2.56. The summed E-state index contributed by atoms with van der Waals surface area (Å²) in [5.41, 5.74) is 0.446. The van der Waals surface area contributed by atoms with Gasteiger partial charge in [0.15, 0.2) is 5.78 Å². The van der Waals surface area contributed by atoms with Crippen LogP contribution in [0.3, 0.4) is 0 Å². The number of carbonyl (C=O) groups is 1. The first-order chi connectivity index (χ1) is 9.16. The molecule has 1 aromatic rings. The normalized spacial score (nSPS) is 19.9. The molecule has 0 bridgehead atoms. The van der Waals surface area contributed by atoms with Crippen LogP contribution in [-0.2, 0) is 16.0 Å². The zero-order chi connectivity index (χ0) is 13.7. The molecule has 1 saturated heterocycles. The molecule has 2 heterocycles. The van der Waals surface area contributed by atoms with Crippen molar-refractivity contribution < 1.29 is 9.53 Å². The number of ketones is 1. The highest BCUT2D eigenvalue weighted by atomic mass is 16.5. The standard InChI is InChI=1S/C15H22N2O2/c1-3-15(2,17-8-10-19-11-9-17)14(18)12-13-6-4-5-7-16-13/h4-7H,3,8-12H2,1-2H3. The number of carbonyl (C=O) groups excluding carboxylic acids is 1. The van der Waals surface area contributed by atoms with E-state index >= 15 is 0 Å². The van der Waals surface area contributed by atoms with E-state index in [4.69, 9.17) is 4.74 Å². The van der Waals surface area contributed by atoms with Crippen molar-refractivity contribution in [2.75, 3.05) is 26.3 Å². The number of rotatable bonds is 5. The monoisotopic (exact) mass is 262 g/mol. The molecular weight excluding hydrogens is 240 g/mol. The Morgan fingerprint density at radius 1 is 1.42 bits per heavy atom. The summed E-state index contributed by atoms with van der Waals surface area (Å²) in [6.45, 7) is 7.21. The number of ether oxygens (including phenoxy) is 1. The molecule has 1 aliphatic heterocycles. The summed E-state index contributed by atoms with van der Waals surface area (Å²) in [5.74, 6) is 0.246. The van der Waals surface area contributed by atoms with E-state index < -0.39 is 5.54 Å². The molecule has 0 aromatic carbocycles. The van der Waals surface area contributed by atoms with Gasteiger partial charge in [-0.2, -0.15) is 0 Å². The molecule has 1 aromatic heterocycles. The van der Waals surface area contributed by atoms with E-state index in [1.807, 2.05) is 25.1 Å². The summed E-state index contributed by atoms with van der Waals surface area (Å²) >= 11 is 0. The SMILES string of the molecule is CCC(C)(C(=O)Cc1ccccn1)N1CCOCC1. The minimum atomic E-state index is -0.401. The summed E-state index contributed by atoms with van der Waals surface area (Å²) in [6.07, 6.45) is 2.96. The number of hydrogen-bond acceptors (Lipinski definition) is 4. The Morgan fingerprint density at radius 3 is 2.74 bits per heavy atom. The van der Waals surface area contributed by atoms with Gasteiger partial charge in [0.1, 0.15) is 0 Å². The van der Waals surface area contributed by atoms with Crippen molar-refractivity contribution in [3.05, 3.63) is 30.1 Å². The van der Waals surface area contributed by atoms with Gasteiger partial charge in [0.05, 0.1) is 25.2 Å². The maximum absolute atomic E-state index is 12.6. The maximum Gasteiger partial charge on any atom is 0.158 e. The van der Waals surface area contributed by atoms with Crippen LogP contribution in [0.2, 0.25) is 0 Å². The quantitative estimate of drug-likeness (QED) is 0.810. The Hall–Kier alpha value is -1.26. The van der Waals surface area contributed by atoms with Gasteiger partial charge in [-0.1, -0.05) is 13.0 Å². The van der Waals surface area contributed by atoms with E-state index in [0.717, 1.165) is 25.2 Å². The Morgan fingerprint density at radius 2 is 2.16 bits per heavy atom. The lowest BCUT2D eigenvalue weighted by molar-refractivity contribution is -0.133. The molecule has 1 aliphatic rings. The van der Waals surface area contributed by atoms with Gasteiger partial charge in [-0.05, 0) is 25.5 Å². The molecule has 0 spiro atoms. The number of morpholine rings is 1. The van der Waals surface area contributed by atoms with Crippen molar-refractivity contribution in [2.24, 2.45) is 0 Å². The molecule has 104 valence electrons. The highest BCUT2D eigenvalue weighted by Gasteiger charge is 2.37. The molecule has 0 saturated carbocycles. The Balaban J connectivity index is 2.09. The number of nitrogens with zero attached hydrogens (tertiary/aromatic N) is 2. The molecule has 0 aliphatic carbocycles. The number of pyridine rings is 1. The van der Waals surface area contributed by atoms with Crippen molar-refractivity contribution in [1.29, 1.82) is 0 Å². The van der Waals surface area contributed by atoms with Gasteiger partial charge in [0.25, 0.3) is 0 Å². The largest absolute Gasteiger partial charge is 0.379 e. The Labute approximate surface area is 114 Å². The summed E-state index contributed by atoms with van der Waals surface area (Å²) in [7, 11) is 0. The fraction of sp³-hybridized carbons (Fsp3) is 0.600. The lowest BCUT2D eigenvalue weighted by atomic mass is 9.88. The fourth-order valence-electron chi connectivity index (χ4n) is 2.51. The van der Waals surface area contributed by atoms with Crippen LogP contribution in [0.25, 0.3) is 0 Å². The summed E-state index contributed by atoms with van der Waals surface area (Å²) in [6, 6.07) is 5.70. The molecule has 2 rings (SSSR count). The highest BCUT2D eigenvalue weighted by Crippen LogP contribution is 2.23. The van der Waals surface area contributed by atoms with Gasteiger partial charge >= 0.3 is 0 Å². The number of aromatic nitrogens is 1. The summed E-state index contributed by atoms with van der Waals surface area (Å²) in [4.78, 5) is 19.1. The molecule has 4 heteroatoms. The van der Waals surface area contributed by atoms with Crippen molar-refractivity contribution in [2.45, 2.75) is 32.2 Å². The van der Waals surface area contributed by atoms with Gasteiger partial charge in [-0.25, -0.2) is 0 Å². The molecule has 1 fully saturated rings. The molecule has 1 unspecified atom stereocenters. The second-order valence-electron chi connectivity index (χ2n) is 5.15. The molecule has 0 N–H and O–H groups in total. The van der Waals surface area contributed by atoms with E-state index in [0.29, 0.717) is 19.6 Å². The second kappa shape index (κ2) is 6.26. The Bertz CT molecular complexity index is 415. The number of Topliss-reactive ketones (excluding diaryl/α,β-unsaturated/α-hetero) is 1. The molecular formula is C15H22N2O2. The zero-order valence-corrected chi connectivity index (χ0v) is 11.8. The molecule has 0 radical (unpaired) electrons. The molecule has 0 amide bonds. The topological polar surface area (TPSA) is 42.4 Å². The molecule has 4 nitrogen and oxygen atoms in total. The first-order valence-electron chi connectivity index (χ1n) is 6.93. The van der Waals surface area contributed by atoms with E-state index in [1.54, 1.807) is 6.20 Å². The van der Waals surface area contributed by atoms with Crippen molar-refractivity contribution in [1.82, 2.24) is 9.88 Å². The lowest BCUT2D eigenvalue weighted by Gasteiger charge is -2.41. The third-order valence-corrected chi connectivity index (χ3v) is 4.07. The van der Waals surface area contributed by atoms with Gasteiger partial charge in [0.2, 0.25) is 0 Å². The van der Waals surface area contributed by atoms with Crippen LogP contribution in [0.5, 0.6) is 0 Å². The van der Waals surface area contributed by atoms with Gasteiger partial charge < -0.3 is 4.74 Å². The first kappa shape index (κ1) is 14.2. The zero-order valence-electron chi connectivity index (χ0n) is 11.8. The van der Waals surface area contributed by atoms with Crippen LogP contribution >= 0.6 is 0 Å². The maximum atomic E-state index is 12.6. The predicted octanol–water partition coefficient (Wildman–Crippen LogP) is 1.69. The average Bonchev–Trinajstić information content (AvgIpc) is 2.48. The van der Waals surface area contributed by atoms with E-state index in [1.165, 1.54) is 0 Å². The summed E-state index contributed by atoms with van der Waals surface area (Å²) in [5, 5.41) is 0. The van der Waals surface area contributed by atoms with Crippen LogP contribution in [-0.4, -0.2) is 47.5 Å². The van der Waals surface area contributed by atoms with Gasteiger partial charge in [0, 0.05) is 25.0 Å². The van der Waals surface area contributed by atoms with Crippen molar-refractivity contribution in [3.63, 3.8) is 0 Å². The fourth-order valence-corrected chi connectivity index (χ4v) is 2.51. The minimum Gasteiger partial charge on any atom is -0.379 e. The van der Waals surface area contributed by atoms with E-state index in [9.17, 15) is 4.79 Å². The first-order valence-corrected chi connectivity index (χ1v) is 6.93. The van der Waals surface area contributed by atoms with Crippen LogP contribution in [0, 0.1) is 0 Å². The van der Waals surface area contributed by atoms with Crippen LogP contribution in [0.4, 0.5) is 0 Å².